The van der Waals surface area contributed by atoms with Gasteiger partial charge in [-0.1, -0.05) is 0 Å². The van der Waals surface area contributed by atoms with E-state index in [-0.39, 0.29) is 11.3 Å². The van der Waals surface area contributed by atoms with Crippen molar-refractivity contribution in [3.8, 4) is 5.75 Å². The summed E-state index contributed by atoms with van der Waals surface area (Å²) in [6, 6.07) is 4.17. The van der Waals surface area contributed by atoms with Gasteiger partial charge in [-0.15, -0.1) is 11.6 Å². The van der Waals surface area contributed by atoms with Gasteiger partial charge in [0.25, 0.3) is 5.69 Å². The minimum absolute atomic E-state index is 0.0445. The SMILES string of the molecule is O=Cc1ccc(OCCCCCl)cc1[N+](=O)[O-]. The van der Waals surface area contributed by atoms with Crippen LogP contribution < -0.4 is 4.74 Å². The molecule has 0 unspecified atom stereocenters. The van der Waals surface area contributed by atoms with Gasteiger partial charge in [0, 0.05) is 5.88 Å². The summed E-state index contributed by atoms with van der Waals surface area (Å²) in [7, 11) is 0. The monoisotopic (exact) mass is 257 g/mol. The molecule has 6 heteroatoms. The highest BCUT2D eigenvalue weighted by Gasteiger charge is 2.14. The lowest BCUT2D eigenvalue weighted by Crippen LogP contribution is -2.00. The lowest BCUT2D eigenvalue weighted by molar-refractivity contribution is -0.385. The molecule has 0 fully saturated rings. The quantitative estimate of drug-likeness (QED) is 0.248. The number of alkyl halides is 1. The second-order valence-electron chi connectivity index (χ2n) is 3.34. The van der Waals surface area contributed by atoms with Gasteiger partial charge >= 0.3 is 0 Å². The molecule has 0 atom stereocenters. The predicted octanol–water partition coefficient (Wildman–Crippen LogP) is 2.81. The Morgan fingerprint density at radius 1 is 1.41 bits per heavy atom. The topological polar surface area (TPSA) is 69.4 Å². The molecule has 0 bridgehead atoms. The molecule has 0 radical (unpaired) electrons. The Bertz CT molecular complexity index is 408. The molecule has 0 N–H and O–H groups in total. The van der Waals surface area contributed by atoms with Crippen LogP contribution in [0.3, 0.4) is 0 Å². The number of nitro benzene ring substituents is 1. The molecule has 0 aliphatic carbocycles. The first-order valence-corrected chi connectivity index (χ1v) is 5.65. The molecule has 0 spiro atoms. The fraction of sp³-hybridized carbons (Fsp3) is 0.364. The highest BCUT2D eigenvalue weighted by atomic mass is 35.5. The third-order valence-corrected chi connectivity index (χ3v) is 2.39. The minimum atomic E-state index is -0.602. The van der Waals surface area contributed by atoms with Gasteiger partial charge in [0.05, 0.1) is 23.2 Å². The van der Waals surface area contributed by atoms with Gasteiger partial charge < -0.3 is 4.74 Å². The summed E-state index contributed by atoms with van der Waals surface area (Å²) in [6.45, 7) is 0.449. The number of hydrogen-bond acceptors (Lipinski definition) is 4. The number of halogens is 1. The third kappa shape index (κ3) is 4.03. The Kier molecular flexibility index (Phi) is 5.42. The van der Waals surface area contributed by atoms with E-state index in [1.165, 1.54) is 18.2 Å². The first-order valence-electron chi connectivity index (χ1n) is 5.11. The lowest BCUT2D eigenvalue weighted by atomic mass is 10.2. The number of benzene rings is 1. The summed E-state index contributed by atoms with van der Waals surface area (Å²) in [5.74, 6) is 0.949. The van der Waals surface area contributed by atoms with Crippen LogP contribution >= 0.6 is 11.6 Å². The zero-order valence-corrected chi connectivity index (χ0v) is 9.85. The Balaban J connectivity index is 2.71. The molecule has 17 heavy (non-hydrogen) atoms. The second-order valence-corrected chi connectivity index (χ2v) is 3.72. The second kappa shape index (κ2) is 6.85. The molecule has 0 saturated heterocycles. The van der Waals surface area contributed by atoms with Crippen LogP contribution in [0.5, 0.6) is 5.75 Å². The van der Waals surface area contributed by atoms with E-state index in [9.17, 15) is 14.9 Å². The molecular formula is C11H12ClNO4. The molecule has 1 aromatic rings. The van der Waals surface area contributed by atoms with Crippen molar-refractivity contribution in [2.75, 3.05) is 12.5 Å². The highest BCUT2D eigenvalue weighted by Crippen LogP contribution is 2.23. The van der Waals surface area contributed by atoms with E-state index in [1.54, 1.807) is 0 Å². The van der Waals surface area contributed by atoms with E-state index < -0.39 is 4.92 Å². The summed E-state index contributed by atoms with van der Waals surface area (Å²) in [4.78, 5) is 20.7. The fourth-order valence-corrected chi connectivity index (χ4v) is 1.45. The predicted molar refractivity (Wildman–Crippen MR) is 63.9 cm³/mol. The van der Waals surface area contributed by atoms with Crippen LogP contribution in [0, 0.1) is 10.1 Å². The van der Waals surface area contributed by atoms with E-state index in [0.717, 1.165) is 12.8 Å². The van der Waals surface area contributed by atoms with Crippen LogP contribution in [0.1, 0.15) is 23.2 Å². The number of unbranched alkanes of at least 4 members (excludes halogenated alkanes) is 1. The van der Waals surface area contributed by atoms with Gasteiger partial charge in [0.2, 0.25) is 0 Å². The summed E-state index contributed by atoms with van der Waals surface area (Å²) >= 11 is 5.51. The molecule has 0 heterocycles. The first-order chi connectivity index (χ1) is 8.19. The van der Waals surface area contributed by atoms with Crippen molar-refractivity contribution < 1.29 is 14.5 Å². The molecule has 5 nitrogen and oxygen atoms in total. The number of hydrogen-bond donors (Lipinski definition) is 0. The van der Waals surface area contributed by atoms with Crippen LogP contribution in [0.2, 0.25) is 0 Å². The fourth-order valence-electron chi connectivity index (χ4n) is 1.26. The molecule has 0 aromatic heterocycles. The number of carbonyl (C=O) groups excluding carboxylic acids is 1. The normalized spacial score (nSPS) is 9.94. The van der Waals surface area contributed by atoms with Crippen molar-refractivity contribution >= 4 is 23.6 Å². The summed E-state index contributed by atoms with van der Waals surface area (Å²) in [5.41, 5.74) is -0.196. The van der Waals surface area contributed by atoms with Crippen molar-refractivity contribution in [1.29, 1.82) is 0 Å². The molecule has 92 valence electrons. The average Bonchev–Trinajstić information content (AvgIpc) is 2.34. The van der Waals surface area contributed by atoms with Crippen molar-refractivity contribution in [3.63, 3.8) is 0 Å². The minimum Gasteiger partial charge on any atom is -0.493 e. The van der Waals surface area contributed by atoms with E-state index in [1.807, 2.05) is 0 Å². The highest BCUT2D eigenvalue weighted by molar-refractivity contribution is 6.17. The Hall–Kier alpha value is -1.62. The lowest BCUT2D eigenvalue weighted by Gasteiger charge is -2.05. The van der Waals surface area contributed by atoms with Gasteiger partial charge in [-0.2, -0.15) is 0 Å². The maximum Gasteiger partial charge on any atom is 0.283 e. The summed E-state index contributed by atoms with van der Waals surface area (Å²) in [5, 5.41) is 10.7. The van der Waals surface area contributed by atoms with Crippen LogP contribution in [0.25, 0.3) is 0 Å². The van der Waals surface area contributed by atoms with Crippen molar-refractivity contribution in [3.05, 3.63) is 33.9 Å². The molecule has 0 saturated carbocycles. The molecule has 0 aliphatic rings. The molecule has 1 rings (SSSR count). The number of aldehydes is 1. The van der Waals surface area contributed by atoms with Crippen LogP contribution in [-0.2, 0) is 0 Å². The number of rotatable bonds is 7. The van der Waals surface area contributed by atoms with Crippen LogP contribution in [0.4, 0.5) is 5.69 Å². The third-order valence-electron chi connectivity index (χ3n) is 2.12. The maximum atomic E-state index is 10.7. The molecule has 1 aromatic carbocycles. The van der Waals surface area contributed by atoms with E-state index in [2.05, 4.69) is 0 Å². The summed E-state index contributed by atoms with van der Waals surface area (Å²) in [6.07, 6.45) is 2.07. The Labute approximate surface area is 103 Å². The zero-order chi connectivity index (χ0) is 12.7. The van der Waals surface area contributed by atoms with Crippen molar-refractivity contribution in [1.82, 2.24) is 0 Å². The zero-order valence-electron chi connectivity index (χ0n) is 9.10. The first kappa shape index (κ1) is 13.4. The van der Waals surface area contributed by atoms with E-state index >= 15 is 0 Å². The van der Waals surface area contributed by atoms with Gasteiger partial charge in [-0.3, -0.25) is 14.9 Å². The van der Waals surface area contributed by atoms with E-state index in [4.69, 9.17) is 16.3 Å². The average molecular weight is 258 g/mol. The van der Waals surface area contributed by atoms with Crippen molar-refractivity contribution in [2.45, 2.75) is 12.8 Å². The standard InChI is InChI=1S/C11H12ClNO4/c12-5-1-2-6-17-10-4-3-9(8-14)11(7-10)13(15)16/h3-4,7-8H,1-2,5-6H2. The largest absolute Gasteiger partial charge is 0.493 e. The number of carbonyl (C=O) groups is 1. The Morgan fingerprint density at radius 2 is 2.18 bits per heavy atom. The van der Waals surface area contributed by atoms with Gasteiger partial charge in [-0.25, -0.2) is 0 Å². The molecule has 0 amide bonds. The van der Waals surface area contributed by atoms with Gasteiger partial charge in [0.15, 0.2) is 6.29 Å². The van der Waals surface area contributed by atoms with Crippen LogP contribution in [0.15, 0.2) is 18.2 Å². The van der Waals surface area contributed by atoms with E-state index in [0.29, 0.717) is 24.5 Å². The van der Waals surface area contributed by atoms with Crippen molar-refractivity contribution in [2.24, 2.45) is 0 Å². The number of nitrogens with zero attached hydrogens (tertiary/aromatic N) is 1. The number of ether oxygens (including phenoxy) is 1. The summed E-state index contributed by atoms with van der Waals surface area (Å²) < 4.78 is 5.32. The maximum absolute atomic E-state index is 10.7. The number of nitro groups is 1. The smallest absolute Gasteiger partial charge is 0.283 e. The molecular weight excluding hydrogens is 246 g/mol. The van der Waals surface area contributed by atoms with Crippen LogP contribution in [-0.4, -0.2) is 23.7 Å². The Morgan fingerprint density at radius 3 is 2.76 bits per heavy atom. The van der Waals surface area contributed by atoms with Gasteiger partial charge in [-0.05, 0) is 25.0 Å². The van der Waals surface area contributed by atoms with Gasteiger partial charge in [0.1, 0.15) is 5.75 Å². The molecule has 0 aliphatic heterocycles.